The lowest BCUT2D eigenvalue weighted by molar-refractivity contribution is -0.152. The lowest BCUT2D eigenvalue weighted by Crippen LogP contribution is -2.50. The zero-order valence-corrected chi connectivity index (χ0v) is 13.8. The molecule has 1 fully saturated rings. The Balaban J connectivity index is 2.13. The Labute approximate surface area is 134 Å². The first-order valence-electron chi connectivity index (χ1n) is 7.42. The monoisotopic (exact) mass is 326 g/mol. The molecule has 0 aromatic carbocycles. The van der Waals surface area contributed by atoms with Gasteiger partial charge in [-0.1, -0.05) is 0 Å². The summed E-state index contributed by atoms with van der Waals surface area (Å²) in [5.74, 6) is -0.917. The zero-order chi connectivity index (χ0) is 16.2. The lowest BCUT2D eigenvalue weighted by atomic mass is 9.76. The summed E-state index contributed by atoms with van der Waals surface area (Å²) >= 11 is 1.31. The number of carboxylic acids is 1. The number of nitrogens with zero attached hydrogens (tertiary/aromatic N) is 2. The third kappa shape index (κ3) is 3.47. The van der Waals surface area contributed by atoms with Gasteiger partial charge in [0.05, 0.1) is 16.6 Å². The quantitative estimate of drug-likeness (QED) is 0.811. The molecule has 0 aliphatic carbocycles. The largest absolute Gasteiger partial charge is 0.481 e. The molecule has 1 unspecified atom stereocenters. The number of likely N-dealkylation sites (tertiary alicyclic amines) is 1. The highest BCUT2D eigenvalue weighted by atomic mass is 32.1. The summed E-state index contributed by atoms with van der Waals surface area (Å²) in [4.78, 5) is 30.8. The standard InChI is InChI=1S/C15H22N2O4S/c1-11-12(22-10-16-11)13(18)17-7-3-5-15(9-17,14(19)20)6-4-8-21-2/h10H,3-9H2,1-2H3,(H,19,20). The highest BCUT2D eigenvalue weighted by molar-refractivity contribution is 7.11. The molecule has 0 bridgehead atoms. The summed E-state index contributed by atoms with van der Waals surface area (Å²) in [6.45, 7) is 3.21. The van der Waals surface area contributed by atoms with Crippen LogP contribution in [0.4, 0.5) is 0 Å². The van der Waals surface area contributed by atoms with Gasteiger partial charge in [-0.05, 0) is 32.6 Å². The van der Waals surface area contributed by atoms with Crippen molar-refractivity contribution in [2.24, 2.45) is 5.41 Å². The van der Waals surface area contributed by atoms with E-state index in [-0.39, 0.29) is 12.5 Å². The fourth-order valence-corrected chi connectivity index (χ4v) is 3.77. The smallest absolute Gasteiger partial charge is 0.311 e. The van der Waals surface area contributed by atoms with Crippen LogP contribution in [0.1, 0.15) is 41.0 Å². The SMILES string of the molecule is COCCCC1(C(=O)O)CCCN(C(=O)c2scnc2C)C1. The van der Waals surface area contributed by atoms with Crippen molar-refractivity contribution < 1.29 is 19.4 Å². The number of hydrogen-bond acceptors (Lipinski definition) is 5. The number of aryl methyl sites for hydroxylation is 1. The number of carbonyl (C=O) groups excluding carboxylic acids is 1. The van der Waals surface area contributed by atoms with Crippen LogP contribution in [-0.2, 0) is 9.53 Å². The second-order valence-electron chi connectivity index (χ2n) is 5.78. The van der Waals surface area contributed by atoms with E-state index in [9.17, 15) is 14.7 Å². The van der Waals surface area contributed by atoms with Crippen molar-refractivity contribution in [1.29, 1.82) is 0 Å². The van der Waals surface area contributed by atoms with Crippen LogP contribution >= 0.6 is 11.3 Å². The molecule has 0 radical (unpaired) electrons. The van der Waals surface area contributed by atoms with Crippen molar-refractivity contribution in [3.8, 4) is 0 Å². The topological polar surface area (TPSA) is 79.7 Å². The molecule has 0 saturated carbocycles. The normalized spacial score (nSPS) is 21.8. The number of carboxylic acid groups (broad SMARTS) is 1. The van der Waals surface area contributed by atoms with Crippen molar-refractivity contribution in [1.82, 2.24) is 9.88 Å². The van der Waals surface area contributed by atoms with E-state index in [0.29, 0.717) is 49.4 Å². The van der Waals surface area contributed by atoms with Crippen molar-refractivity contribution in [2.45, 2.75) is 32.6 Å². The number of thiazole rings is 1. The molecule has 1 atom stereocenters. The first kappa shape index (κ1) is 16.9. The van der Waals surface area contributed by atoms with Gasteiger partial charge in [0.2, 0.25) is 0 Å². The maximum absolute atomic E-state index is 12.6. The zero-order valence-electron chi connectivity index (χ0n) is 13.0. The van der Waals surface area contributed by atoms with Gasteiger partial charge in [-0.2, -0.15) is 0 Å². The van der Waals surface area contributed by atoms with Gasteiger partial charge in [0.1, 0.15) is 4.88 Å². The predicted molar refractivity (Wildman–Crippen MR) is 83.2 cm³/mol. The highest BCUT2D eigenvalue weighted by Gasteiger charge is 2.43. The number of aliphatic carboxylic acids is 1. The number of hydrogen-bond donors (Lipinski definition) is 1. The number of piperidine rings is 1. The van der Waals surface area contributed by atoms with Gasteiger partial charge in [-0.3, -0.25) is 9.59 Å². The fraction of sp³-hybridized carbons (Fsp3) is 0.667. The first-order valence-corrected chi connectivity index (χ1v) is 8.30. The average molecular weight is 326 g/mol. The Morgan fingerprint density at radius 2 is 2.32 bits per heavy atom. The van der Waals surface area contributed by atoms with Gasteiger partial charge in [-0.15, -0.1) is 11.3 Å². The first-order chi connectivity index (χ1) is 10.5. The molecule has 122 valence electrons. The second kappa shape index (κ2) is 7.19. The Morgan fingerprint density at radius 1 is 1.55 bits per heavy atom. The van der Waals surface area contributed by atoms with E-state index < -0.39 is 11.4 Å². The summed E-state index contributed by atoms with van der Waals surface area (Å²) in [6, 6.07) is 0. The van der Waals surface area contributed by atoms with Crippen molar-refractivity contribution in [3.05, 3.63) is 16.1 Å². The van der Waals surface area contributed by atoms with Crippen molar-refractivity contribution in [3.63, 3.8) is 0 Å². The van der Waals surface area contributed by atoms with Crippen LogP contribution in [0, 0.1) is 12.3 Å². The predicted octanol–water partition coefficient (Wildman–Crippen LogP) is 2.19. The van der Waals surface area contributed by atoms with Gasteiger partial charge in [0.15, 0.2) is 0 Å². The number of ether oxygens (including phenoxy) is 1. The van der Waals surface area contributed by atoms with E-state index in [4.69, 9.17) is 4.74 Å². The van der Waals surface area contributed by atoms with Gasteiger partial charge in [0.25, 0.3) is 5.91 Å². The van der Waals surface area contributed by atoms with Gasteiger partial charge >= 0.3 is 5.97 Å². The summed E-state index contributed by atoms with van der Waals surface area (Å²) in [5.41, 5.74) is 1.50. The third-order valence-corrected chi connectivity index (χ3v) is 5.18. The molecule has 22 heavy (non-hydrogen) atoms. The number of carbonyl (C=O) groups is 2. The Morgan fingerprint density at radius 3 is 2.91 bits per heavy atom. The molecular weight excluding hydrogens is 304 g/mol. The minimum absolute atomic E-state index is 0.0999. The number of rotatable bonds is 6. The van der Waals surface area contributed by atoms with Crippen LogP contribution in [0.2, 0.25) is 0 Å². The van der Waals surface area contributed by atoms with E-state index in [1.54, 1.807) is 24.4 Å². The van der Waals surface area contributed by atoms with Gasteiger partial charge in [0, 0.05) is 26.8 Å². The maximum atomic E-state index is 12.6. The molecule has 1 aliphatic heterocycles. The van der Waals surface area contributed by atoms with Crippen LogP contribution in [0.3, 0.4) is 0 Å². The summed E-state index contributed by atoms with van der Waals surface area (Å²) in [6.07, 6.45) is 2.53. The minimum Gasteiger partial charge on any atom is -0.481 e. The Hall–Kier alpha value is -1.47. The third-order valence-electron chi connectivity index (χ3n) is 4.26. The van der Waals surface area contributed by atoms with Gasteiger partial charge < -0.3 is 14.7 Å². The molecule has 1 aromatic heterocycles. The Kier molecular flexibility index (Phi) is 5.52. The van der Waals surface area contributed by atoms with Crippen LogP contribution in [0.15, 0.2) is 5.51 Å². The van der Waals surface area contributed by atoms with Crippen molar-refractivity contribution in [2.75, 3.05) is 26.8 Å². The van der Waals surface area contributed by atoms with Crippen LogP contribution < -0.4 is 0 Å². The molecule has 1 aromatic rings. The summed E-state index contributed by atoms with van der Waals surface area (Å²) in [5, 5.41) is 9.68. The highest BCUT2D eigenvalue weighted by Crippen LogP contribution is 2.36. The van der Waals surface area contributed by atoms with E-state index in [2.05, 4.69) is 4.98 Å². The van der Waals surface area contributed by atoms with Crippen LogP contribution in [-0.4, -0.2) is 53.7 Å². The van der Waals surface area contributed by atoms with Gasteiger partial charge in [-0.25, -0.2) is 4.98 Å². The molecule has 1 aliphatic rings. The second-order valence-corrected chi connectivity index (χ2v) is 6.63. The molecule has 7 heteroatoms. The molecule has 0 spiro atoms. The number of aromatic nitrogens is 1. The minimum atomic E-state index is -0.856. The van der Waals surface area contributed by atoms with E-state index in [0.717, 1.165) is 0 Å². The molecule has 2 heterocycles. The Bertz CT molecular complexity index is 545. The molecular formula is C15H22N2O4S. The summed E-state index contributed by atoms with van der Waals surface area (Å²) in [7, 11) is 1.61. The molecule has 1 saturated heterocycles. The molecule has 1 amide bonds. The van der Waals surface area contributed by atoms with E-state index >= 15 is 0 Å². The maximum Gasteiger partial charge on any atom is 0.311 e. The van der Waals surface area contributed by atoms with E-state index in [1.165, 1.54) is 11.3 Å². The molecule has 1 N–H and O–H groups in total. The lowest BCUT2D eigenvalue weighted by Gasteiger charge is -2.40. The summed E-state index contributed by atoms with van der Waals surface area (Å²) < 4.78 is 5.03. The van der Waals surface area contributed by atoms with E-state index in [1.807, 2.05) is 0 Å². The molecule has 6 nitrogen and oxygen atoms in total. The van der Waals surface area contributed by atoms with Crippen molar-refractivity contribution >= 4 is 23.2 Å². The fourth-order valence-electron chi connectivity index (χ4n) is 3.00. The van der Waals surface area contributed by atoms with Crippen LogP contribution in [0.25, 0.3) is 0 Å². The average Bonchev–Trinajstić information content (AvgIpc) is 2.93. The number of methoxy groups -OCH3 is 1. The molecule has 2 rings (SSSR count). The number of amides is 1. The van der Waals surface area contributed by atoms with Crippen LogP contribution in [0.5, 0.6) is 0 Å².